The zero-order chi connectivity index (χ0) is 19.0. The van der Waals surface area contributed by atoms with Gasteiger partial charge in [0.1, 0.15) is 18.6 Å². The maximum atomic E-state index is 12.6. The van der Waals surface area contributed by atoms with Gasteiger partial charge < -0.3 is 10.6 Å². The van der Waals surface area contributed by atoms with E-state index < -0.39 is 42.7 Å². The van der Waals surface area contributed by atoms with Crippen LogP contribution in [0.25, 0.3) is 0 Å². The summed E-state index contributed by atoms with van der Waals surface area (Å²) in [7, 11) is 0. The van der Waals surface area contributed by atoms with Crippen molar-refractivity contribution in [3.05, 3.63) is 0 Å². The highest BCUT2D eigenvalue weighted by Gasteiger charge is 2.53. The third-order valence-corrected chi connectivity index (χ3v) is 5.10. The van der Waals surface area contributed by atoms with Crippen LogP contribution in [0.2, 0.25) is 0 Å². The van der Waals surface area contributed by atoms with Gasteiger partial charge in [-0.1, -0.05) is 20.8 Å². The molecule has 0 aromatic rings. The number of carbonyl (C=O) groups is 3. The molecule has 1 saturated carbocycles. The lowest BCUT2D eigenvalue weighted by molar-refractivity contribution is -0.141. The minimum atomic E-state index is -4.54. The van der Waals surface area contributed by atoms with Crippen LogP contribution in [0.15, 0.2) is 0 Å². The molecule has 9 heteroatoms. The summed E-state index contributed by atoms with van der Waals surface area (Å²) in [5, 5.41) is 4.33. The first-order valence-electron chi connectivity index (χ1n) is 8.32. The Morgan fingerprint density at radius 2 is 1.80 bits per heavy atom. The van der Waals surface area contributed by atoms with Gasteiger partial charge in [0.25, 0.3) is 5.91 Å². The van der Waals surface area contributed by atoms with Gasteiger partial charge in [-0.05, 0) is 37.0 Å². The Kier molecular flexibility index (Phi) is 5.07. The van der Waals surface area contributed by atoms with E-state index in [1.807, 2.05) is 0 Å². The Balaban J connectivity index is 1.97. The van der Waals surface area contributed by atoms with Crippen molar-refractivity contribution in [2.75, 3.05) is 13.1 Å². The molecule has 6 nitrogen and oxygen atoms in total. The van der Waals surface area contributed by atoms with Crippen molar-refractivity contribution in [1.82, 2.24) is 15.5 Å². The van der Waals surface area contributed by atoms with Crippen molar-refractivity contribution in [1.29, 1.82) is 0 Å². The summed E-state index contributed by atoms with van der Waals surface area (Å²) in [6.45, 7) is 4.19. The number of halogens is 3. The Hall–Kier alpha value is -1.80. The number of amides is 4. The summed E-state index contributed by atoms with van der Waals surface area (Å²) >= 11 is 0. The van der Waals surface area contributed by atoms with E-state index in [0.717, 1.165) is 12.8 Å². The van der Waals surface area contributed by atoms with Gasteiger partial charge in [0.2, 0.25) is 5.91 Å². The summed E-state index contributed by atoms with van der Waals surface area (Å²) < 4.78 is 36.4. The minimum Gasteiger partial charge on any atom is -0.345 e. The average molecular weight is 363 g/mol. The molecule has 4 amide bonds. The monoisotopic (exact) mass is 363 g/mol. The van der Waals surface area contributed by atoms with Crippen LogP contribution >= 0.6 is 0 Å². The normalized spacial score (nSPS) is 27.6. The predicted molar refractivity (Wildman–Crippen MR) is 83.5 cm³/mol. The van der Waals surface area contributed by atoms with Crippen LogP contribution in [0, 0.1) is 11.3 Å². The second kappa shape index (κ2) is 6.49. The lowest BCUT2D eigenvalue weighted by atomic mass is 9.67. The van der Waals surface area contributed by atoms with Crippen molar-refractivity contribution < 1.29 is 27.6 Å². The van der Waals surface area contributed by atoms with E-state index in [1.165, 1.54) is 0 Å². The third-order valence-electron chi connectivity index (χ3n) is 5.10. The first-order valence-corrected chi connectivity index (χ1v) is 8.32. The molecule has 2 rings (SSSR count). The summed E-state index contributed by atoms with van der Waals surface area (Å²) in [5.74, 6) is -1.11. The van der Waals surface area contributed by atoms with Gasteiger partial charge in [0.15, 0.2) is 0 Å². The van der Waals surface area contributed by atoms with Gasteiger partial charge in [-0.3, -0.25) is 14.5 Å². The first-order chi connectivity index (χ1) is 11.3. The molecule has 0 aromatic carbocycles. The number of rotatable bonds is 3. The van der Waals surface area contributed by atoms with Crippen molar-refractivity contribution >= 4 is 17.8 Å². The highest BCUT2D eigenvalue weighted by molar-refractivity contribution is 6.09. The molecule has 142 valence electrons. The molecule has 1 aliphatic carbocycles. The van der Waals surface area contributed by atoms with Crippen LogP contribution in [-0.4, -0.2) is 47.6 Å². The molecule has 25 heavy (non-hydrogen) atoms. The largest absolute Gasteiger partial charge is 0.405 e. The molecule has 2 N–H and O–H groups in total. The molecule has 0 unspecified atom stereocenters. The zero-order valence-electron chi connectivity index (χ0n) is 14.6. The standard InChI is InChI=1S/C16H24F3N3O3/c1-14(2,3)10-4-6-15(7-5-10)12(24)22(13(25)21-15)8-11(23)20-9-16(17,18)19/h10H,4-9H2,1-3H3,(H,20,23)(H,21,25). The molecular weight excluding hydrogens is 339 g/mol. The van der Waals surface area contributed by atoms with Crippen molar-refractivity contribution in [2.24, 2.45) is 11.3 Å². The summed E-state index contributed by atoms with van der Waals surface area (Å²) in [4.78, 5) is 37.0. The van der Waals surface area contributed by atoms with Crippen LogP contribution in [0.4, 0.5) is 18.0 Å². The second-order valence-corrected chi connectivity index (χ2v) is 7.94. The summed E-state index contributed by atoms with van der Waals surface area (Å²) in [5.41, 5.74) is -0.923. The van der Waals surface area contributed by atoms with Gasteiger partial charge in [0, 0.05) is 0 Å². The Morgan fingerprint density at radius 3 is 2.28 bits per heavy atom. The lowest BCUT2D eigenvalue weighted by Crippen LogP contribution is -2.51. The smallest absolute Gasteiger partial charge is 0.345 e. The molecule has 0 bridgehead atoms. The number of urea groups is 1. The number of carbonyl (C=O) groups excluding carboxylic acids is 3. The lowest BCUT2D eigenvalue weighted by Gasteiger charge is -2.40. The minimum absolute atomic E-state index is 0.102. The fourth-order valence-electron chi connectivity index (χ4n) is 3.53. The molecule has 1 aliphatic heterocycles. The number of imide groups is 1. The summed E-state index contributed by atoms with van der Waals surface area (Å²) in [6, 6.07) is -0.721. The van der Waals surface area contributed by atoms with Crippen LogP contribution in [0.3, 0.4) is 0 Å². The van der Waals surface area contributed by atoms with Gasteiger partial charge in [-0.15, -0.1) is 0 Å². The Bertz CT molecular complexity index is 561. The number of nitrogens with zero attached hydrogens (tertiary/aromatic N) is 1. The van der Waals surface area contributed by atoms with Crippen molar-refractivity contribution in [3.8, 4) is 0 Å². The van der Waals surface area contributed by atoms with E-state index in [2.05, 4.69) is 26.1 Å². The SMILES string of the molecule is CC(C)(C)C1CCC2(CC1)NC(=O)N(CC(=O)NCC(F)(F)F)C2=O. The summed E-state index contributed by atoms with van der Waals surface area (Å²) in [6.07, 6.45) is -2.06. The third kappa shape index (κ3) is 4.43. The van der Waals surface area contributed by atoms with E-state index >= 15 is 0 Å². The van der Waals surface area contributed by atoms with Crippen LogP contribution in [0.1, 0.15) is 46.5 Å². The van der Waals surface area contributed by atoms with Gasteiger partial charge >= 0.3 is 12.2 Å². The van der Waals surface area contributed by atoms with Crippen molar-refractivity contribution in [2.45, 2.75) is 58.2 Å². The first kappa shape index (κ1) is 19.5. The number of alkyl halides is 3. The molecule has 2 aliphatic rings. The van der Waals surface area contributed by atoms with E-state index in [0.29, 0.717) is 23.7 Å². The molecule has 0 atom stereocenters. The fourth-order valence-corrected chi connectivity index (χ4v) is 3.53. The molecule has 1 spiro atoms. The Labute approximate surface area is 144 Å². The Morgan fingerprint density at radius 1 is 1.24 bits per heavy atom. The number of hydrogen-bond donors (Lipinski definition) is 2. The quantitative estimate of drug-likeness (QED) is 0.755. The highest BCUT2D eigenvalue weighted by Crippen LogP contribution is 2.43. The van der Waals surface area contributed by atoms with Crippen LogP contribution < -0.4 is 10.6 Å². The van der Waals surface area contributed by atoms with Crippen LogP contribution in [0.5, 0.6) is 0 Å². The molecular formula is C16H24F3N3O3. The van der Waals surface area contributed by atoms with Gasteiger partial charge in [-0.2, -0.15) is 13.2 Å². The molecule has 0 radical (unpaired) electrons. The van der Waals surface area contributed by atoms with E-state index in [-0.39, 0.29) is 5.41 Å². The predicted octanol–water partition coefficient (Wildman–Crippen LogP) is 2.19. The maximum Gasteiger partial charge on any atom is 0.405 e. The average Bonchev–Trinajstić information content (AvgIpc) is 2.68. The number of hydrogen-bond acceptors (Lipinski definition) is 3. The molecule has 1 saturated heterocycles. The van der Waals surface area contributed by atoms with Gasteiger partial charge in [-0.25, -0.2) is 4.79 Å². The highest BCUT2D eigenvalue weighted by atomic mass is 19.4. The molecule has 0 aromatic heterocycles. The molecule has 2 fully saturated rings. The zero-order valence-corrected chi connectivity index (χ0v) is 14.6. The van der Waals surface area contributed by atoms with Crippen molar-refractivity contribution in [3.63, 3.8) is 0 Å². The molecule has 1 heterocycles. The topological polar surface area (TPSA) is 78.5 Å². The second-order valence-electron chi connectivity index (χ2n) is 7.94. The number of nitrogens with one attached hydrogen (secondary N) is 2. The van der Waals surface area contributed by atoms with Crippen LogP contribution in [-0.2, 0) is 9.59 Å². The fraction of sp³-hybridized carbons (Fsp3) is 0.812. The van der Waals surface area contributed by atoms with E-state index in [4.69, 9.17) is 0 Å². The van der Waals surface area contributed by atoms with E-state index in [9.17, 15) is 27.6 Å². The maximum absolute atomic E-state index is 12.6. The van der Waals surface area contributed by atoms with E-state index in [1.54, 1.807) is 5.32 Å². The van der Waals surface area contributed by atoms with Gasteiger partial charge in [0.05, 0.1) is 0 Å².